The first-order valence-corrected chi connectivity index (χ1v) is 7.14. The third kappa shape index (κ3) is 4.39. The molecular formula is C14H18Cl2N2O2. The molecule has 110 valence electrons. The van der Waals surface area contributed by atoms with Gasteiger partial charge in [0.05, 0.1) is 6.42 Å². The van der Waals surface area contributed by atoms with Crippen LogP contribution in [-0.4, -0.2) is 17.9 Å². The molecule has 2 unspecified atom stereocenters. The Morgan fingerprint density at radius 1 is 1.30 bits per heavy atom. The van der Waals surface area contributed by atoms with E-state index in [9.17, 15) is 9.59 Å². The van der Waals surface area contributed by atoms with Crippen LogP contribution in [0.5, 0.6) is 0 Å². The van der Waals surface area contributed by atoms with Crippen molar-refractivity contribution in [2.24, 2.45) is 11.7 Å². The van der Waals surface area contributed by atoms with Gasteiger partial charge in [0.25, 0.3) is 0 Å². The van der Waals surface area contributed by atoms with Gasteiger partial charge in [0.1, 0.15) is 6.04 Å². The lowest BCUT2D eigenvalue weighted by atomic mass is 9.98. The molecule has 3 N–H and O–H groups in total. The van der Waals surface area contributed by atoms with Crippen LogP contribution in [-0.2, 0) is 16.0 Å². The Hall–Kier alpha value is -1.26. The molecule has 0 spiro atoms. The zero-order valence-electron chi connectivity index (χ0n) is 11.5. The van der Waals surface area contributed by atoms with Gasteiger partial charge in [-0.1, -0.05) is 49.5 Å². The Morgan fingerprint density at radius 2 is 1.85 bits per heavy atom. The van der Waals surface area contributed by atoms with Crippen molar-refractivity contribution in [3.8, 4) is 0 Å². The van der Waals surface area contributed by atoms with E-state index in [-0.39, 0.29) is 18.2 Å². The first kappa shape index (κ1) is 16.8. The van der Waals surface area contributed by atoms with E-state index >= 15 is 0 Å². The van der Waals surface area contributed by atoms with Crippen LogP contribution in [0, 0.1) is 5.92 Å². The van der Waals surface area contributed by atoms with E-state index in [2.05, 4.69) is 5.32 Å². The highest BCUT2D eigenvalue weighted by molar-refractivity contribution is 6.36. The van der Waals surface area contributed by atoms with Crippen LogP contribution >= 0.6 is 23.2 Å². The second kappa shape index (κ2) is 7.50. The fourth-order valence-electron chi connectivity index (χ4n) is 1.82. The van der Waals surface area contributed by atoms with Crippen LogP contribution in [0.2, 0.25) is 10.0 Å². The number of carbonyl (C=O) groups excluding carboxylic acids is 2. The summed E-state index contributed by atoms with van der Waals surface area (Å²) in [5.74, 6) is -0.903. The minimum atomic E-state index is -0.686. The second-order valence-corrected chi connectivity index (χ2v) is 5.52. The highest BCUT2D eigenvalue weighted by atomic mass is 35.5. The van der Waals surface area contributed by atoms with E-state index in [1.807, 2.05) is 13.8 Å². The number of carbonyl (C=O) groups is 2. The topological polar surface area (TPSA) is 72.2 Å². The second-order valence-electron chi connectivity index (χ2n) is 4.71. The molecule has 0 aliphatic heterocycles. The third-order valence-electron chi connectivity index (χ3n) is 3.24. The highest BCUT2D eigenvalue weighted by Gasteiger charge is 2.24. The maximum atomic E-state index is 12.0. The average Bonchev–Trinajstić information content (AvgIpc) is 2.39. The Morgan fingerprint density at radius 3 is 2.30 bits per heavy atom. The lowest BCUT2D eigenvalue weighted by Crippen LogP contribution is -2.48. The Labute approximate surface area is 128 Å². The SMILES string of the molecule is CCC(C)C(NC(=O)Cc1c(Cl)cccc1Cl)C(N)=O. The summed E-state index contributed by atoms with van der Waals surface area (Å²) in [6.07, 6.45) is 0.749. The molecule has 2 amide bonds. The van der Waals surface area contributed by atoms with E-state index in [4.69, 9.17) is 28.9 Å². The predicted molar refractivity (Wildman–Crippen MR) is 80.7 cm³/mol. The molecule has 0 heterocycles. The third-order valence-corrected chi connectivity index (χ3v) is 3.94. The maximum absolute atomic E-state index is 12.0. The number of amides is 2. The van der Waals surface area contributed by atoms with Gasteiger partial charge in [-0.05, 0) is 23.6 Å². The number of halogens is 2. The summed E-state index contributed by atoms with van der Waals surface area (Å²) < 4.78 is 0. The Bertz CT molecular complexity index is 486. The van der Waals surface area contributed by atoms with Crippen LogP contribution in [0.3, 0.4) is 0 Å². The van der Waals surface area contributed by atoms with E-state index in [1.54, 1.807) is 18.2 Å². The summed E-state index contributed by atoms with van der Waals surface area (Å²) in [7, 11) is 0. The quantitative estimate of drug-likeness (QED) is 0.846. The van der Waals surface area contributed by atoms with Gasteiger partial charge in [-0.3, -0.25) is 9.59 Å². The molecule has 6 heteroatoms. The molecule has 1 aromatic carbocycles. The normalized spacial score (nSPS) is 13.6. The predicted octanol–water partition coefficient (Wildman–Crippen LogP) is 2.55. The van der Waals surface area contributed by atoms with Gasteiger partial charge in [0.15, 0.2) is 0 Å². The van der Waals surface area contributed by atoms with Crippen molar-refractivity contribution >= 4 is 35.0 Å². The molecule has 20 heavy (non-hydrogen) atoms. The zero-order chi connectivity index (χ0) is 15.3. The van der Waals surface area contributed by atoms with Gasteiger partial charge in [0.2, 0.25) is 11.8 Å². The van der Waals surface area contributed by atoms with Crippen molar-refractivity contribution in [3.63, 3.8) is 0 Å². The Kier molecular flexibility index (Phi) is 6.30. The van der Waals surface area contributed by atoms with Crippen LogP contribution in [0.25, 0.3) is 0 Å². The molecule has 0 saturated heterocycles. The standard InChI is InChI=1S/C14H18Cl2N2O2/c1-3-8(2)13(14(17)20)18-12(19)7-9-10(15)5-4-6-11(9)16/h4-6,8,13H,3,7H2,1-2H3,(H2,17,20)(H,18,19). The molecule has 0 aliphatic rings. The van der Waals surface area contributed by atoms with E-state index < -0.39 is 11.9 Å². The summed E-state index contributed by atoms with van der Waals surface area (Å²) in [6.45, 7) is 3.79. The van der Waals surface area contributed by atoms with Gasteiger partial charge < -0.3 is 11.1 Å². The van der Waals surface area contributed by atoms with Crippen molar-refractivity contribution in [1.29, 1.82) is 0 Å². The molecule has 4 nitrogen and oxygen atoms in total. The van der Waals surface area contributed by atoms with Crippen molar-refractivity contribution in [2.75, 3.05) is 0 Å². The molecular weight excluding hydrogens is 299 g/mol. The van der Waals surface area contributed by atoms with Gasteiger partial charge in [-0.25, -0.2) is 0 Å². The number of benzene rings is 1. The molecule has 2 atom stereocenters. The van der Waals surface area contributed by atoms with Gasteiger partial charge >= 0.3 is 0 Å². The molecule has 1 aromatic rings. The summed E-state index contributed by atoms with van der Waals surface area (Å²) in [4.78, 5) is 23.4. The van der Waals surface area contributed by atoms with Crippen molar-refractivity contribution < 1.29 is 9.59 Å². The summed E-state index contributed by atoms with van der Waals surface area (Å²) >= 11 is 12.0. The number of hydrogen-bond acceptors (Lipinski definition) is 2. The van der Waals surface area contributed by atoms with Gasteiger partial charge in [-0.15, -0.1) is 0 Å². The molecule has 0 bridgehead atoms. The van der Waals surface area contributed by atoms with Crippen molar-refractivity contribution in [3.05, 3.63) is 33.8 Å². The summed E-state index contributed by atoms with van der Waals surface area (Å²) in [5, 5.41) is 3.49. The number of rotatable bonds is 6. The van der Waals surface area contributed by atoms with Crippen LogP contribution in [0.4, 0.5) is 0 Å². The highest BCUT2D eigenvalue weighted by Crippen LogP contribution is 2.24. The number of hydrogen-bond donors (Lipinski definition) is 2. The smallest absolute Gasteiger partial charge is 0.240 e. The maximum Gasteiger partial charge on any atom is 0.240 e. The van der Waals surface area contributed by atoms with E-state index in [0.29, 0.717) is 15.6 Å². The monoisotopic (exact) mass is 316 g/mol. The van der Waals surface area contributed by atoms with Crippen LogP contribution in [0.1, 0.15) is 25.8 Å². The Balaban J connectivity index is 2.79. The molecule has 0 saturated carbocycles. The fraction of sp³-hybridized carbons (Fsp3) is 0.429. The van der Waals surface area contributed by atoms with Gasteiger partial charge in [-0.2, -0.15) is 0 Å². The minimum Gasteiger partial charge on any atom is -0.368 e. The molecule has 0 aliphatic carbocycles. The molecule has 0 aromatic heterocycles. The number of nitrogens with two attached hydrogens (primary N) is 1. The first-order valence-electron chi connectivity index (χ1n) is 6.38. The van der Waals surface area contributed by atoms with Crippen molar-refractivity contribution in [2.45, 2.75) is 32.7 Å². The fourth-order valence-corrected chi connectivity index (χ4v) is 2.35. The van der Waals surface area contributed by atoms with E-state index in [0.717, 1.165) is 6.42 Å². The van der Waals surface area contributed by atoms with Crippen LogP contribution < -0.4 is 11.1 Å². The molecule has 1 rings (SSSR count). The molecule has 0 radical (unpaired) electrons. The van der Waals surface area contributed by atoms with Crippen LogP contribution in [0.15, 0.2) is 18.2 Å². The van der Waals surface area contributed by atoms with Gasteiger partial charge in [0, 0.05) is 10.0 Å². The average molecular weight is 317 g/mol. The molecule has 0 fully saturated rings. The largest absolute Gasteiger partial charge is 0.368 e. The zero-order valence-corrected chi connectivity index (χ0v) is 13.0. The lowest BCUT2D eigenvalue weighted by Gasteiger charge is -2.21. The first-order chi connectivity index (χ1) is 9.36. The lowest BCUT2D eigenvalue weighted by molar-refractivity contribution is -0.128. The van der Waals surface area contributed by atoms with E-state index in [1.165, 1.54) is 0 Å². The summed E-state index contributed by atoms with van der Waals surface area (Å²) in [5.41, 5.74) is 5.85. The number of nitrogens with one attached hydrogen (secondary N) is 1. The number of primary amides is 1. The van der Waals surface area contributed by atoms with Crippen molar-refractivity contribution in [1.82, 2.24) is 5.32 Å². The summed E-state index contributed by atoms with van der Waals surface area (Å²) in [6, 6.07) is 4.35. The minimum absolute atomic E-state index is 0.0126.